The maximum absolute atomic E-state index is 12.4. The molecule has 108 valence electrons. The lowest BCUT2D eigenvalue weighted by atomic mass is 9.87. The van der Waals surface area contributed by atoms with E-state index in [2.05, 4.69) is 0 Å². The molecule has 1 amide bonds. The fourth-order valence-electron chi connectivity index (χ4n) is 2.74. The Morgan fingerprint density at radius 2 is 2.05 bits per heavy atom. The highest BCUT2D eigenvalue weighted by atomic mass is 35.5. The first kappa shape index (κ1) is 14.9. The van der Waals surface area contributed by atoms with E-state index >= 15 is 0 Å². The highest BCUT2D eigenvalue weighted by Gasteiger charge is 2.33. The Balaban J connectivity index is 2.13. The molecule has 0 spiro atoms. The third kappa shape index (κ3) is 3.12. The molecular weight excluding hydrogens is 278 g/mol. The number of piperidine rings is 1. The summed E-state index contributed by atoms with van der Waals surface area (Å²) < 4.78 is 0. The van der Waals surface area contributed by atoms with Crippen LogP contribution in [0.5, 0.6) is 0 Å². The summed E-state index contributed by atoms with van der Waals surface area (Å²) in [6.45, 7) is 4.72. The maximum atomic E-state index is 12.4. The summed E-state index contributed by atoms with van der Waals surface area (Å²) in [5, 5.41) is 9.65. The zero-order valence-corrected chi connectivity index (χ0v) is 12.4. The highest BCUT2D eigenvalue weighted by molar-refractivity contribution is 6.31. The van der Waals surface area contributed by atoms with Crippen molar-refractivity contribution in [3.05, 3.63) is 34.3 Å². The van der Waals surface area contributed by atoms with Gasteiger partial charge in [0, 0.05) is 23.7 Å². The fraction of sp³-hybridized carbons (Fsp3) is 0.467. The van der Waals surface area contributed by atoms with Crippen molar-refractivity contribution in [1.82, 2.24) is 4.90 Å². The average molecular weight is 296 g/mol. The Morgan fingerprint density at radius 1 is 1.35 bits per heavy atom. The normalized spacial score (nSPS) is 22.6. The molecule has 4 nitrogen and oxygen atoms in total. The number of hydrogen-bond donors (Lipinski definition) is 1. The number of carboxylic acids is 1. The summed E-state index contributed by atoms with van der Waals surface area (Å²) >= 11 is 5.98. The number of benzene rings is 1. The molecule has 2 atom stereocenters. The van der Waals surface area contributed by atoms with E-state index in [4.69, 9.17) is 16.7 Å². The van der Waals surface area contributed by atoms with Gasteiger partial charge in [0.2, 0.25) is 0 Å². The van der Waals surface area contributed by atoms with Crippen LogP contribution in [-0.2, 0) is 4.79 Å². The topological polar surface area (TPSA) is 57.6 Å². The van der Waals surface area contributed by atoms with Gasteiger partial charge in [0.1, 0.15) is 0 Å². The second-order valence-electron chi connectivity index (χ2n) is 5.48. The monoisotopic (exact) mass is 295 g/mol. The van der Waals surface area contributed by atoms with Gasteiger partial charge in [0.05, 0.1) is 5.92 Å². The lowest BCUT2D eigenvalue weighted by Crippen LogP contribution is -2.45. The first-order valence-corrected chi connectivity index (χ1v) is 7.05. The Morgan fingerprint density at radius 3 is 2.60 bits per heavy atom. The molecule has 1 aromatic carbocycles. The van der Waals surface area contributed by atoms with Crippen molar-refractivity contribution >= 4 is 23.5 Å². The van der Waals surface area contributed by atoms with Crippen molar-refractivity contribution < 1.29 is 14.7 Å². The van der Waals surface area contributed by atoms with Gasteiger partial charge in [-0.15, -0.1) is 0 Å². The minimum Gasteiger partial charge on any atom is -0.481 e. The van der Waals surface area contributed by atoms with Crippen molar-refractivity contribution in [2.24, 2.45) is 11.8 Å². The van der Waals surface area contributed by atoms with E-state index in [0.29, 0.717) is 30.1 Å². The third-order valence-corrected chi connectivity index (χ3v) is 4.02. The molecule has 1 N–H and O–H groups in total. The lowest BCUT2D eigenvalue weighted by molar-refractivity contribution is -0.145. The van der Waals surface area contributed by atoms with Crippen molar-refractivity contribution in [2.75, 3.05) is 13.1 Å². The van der Waals surface area contributed by atoms with Crippen LogP contribution >= 0.6 is 11.6 Å². The number of nitrogens with zero attached hydrogens (tertiary/aromatic N) is 1. The number of carboxylic acid groups (broad SMARTS) is 1. The van der Waals surface area contributed by atoms with Crippen LogP contribution in [-0.4, -0.2) is 35.0 Å². The van der Waals surface area contributed by atoms with Crippen LogP contribution in [0.25, 0.3) is 0 Å². The summed E-state index contributed by atoms with van der Waals surface area (Å²) in [5.74, 6) is -1.25. The molecule has 1 aromatic rings. The predicted molar refractivity (Wildman–Crippen MR) is 77.0 cm³/mol. The number of rotatable bonds is 2. The molecule has 1 heterocycles. The summed E-state index contributed by atoms with van der Waals surface area (Å²) in [5.41, 5.74) is 1.50. The maximum Gasteiger partial charge on any atom is 0.306 e. The number of hydrogen-bond acceptors (Lipinski definition) is 2. The van der Waals surface area contributed by atoms with Crippen LogP contribution in [0.2, 0.25) is 5.02 Å². The Kier molecular flexibility index (Phi) is 4.33. The van der Waals surface area contributed by atoms with E-state index in [1.165, 1.54) is 0 Å². The molecule has 2 unspecified atom stereocenters. The number of aryl methyl sites for hydroxylation is 1. The van der Waals surface area contributed by atoms with E-state index in [1.54, 1.807) is 17.0 Å². The highest BCUT2D eigenvalue weighted by Crippen LogP contribution is 2.25. The molecule has 0 aromatic heterocycles. The zero-order valence-electron chi connectivity index (χ0n) is 11.6. The molecule has 0 radical (unpaired) electrons. The minimum absolute atomic E-state index is 0.0366. The van der Waals surface area contributed by atoms with Gasteiger partial charge in [-0.2, -0.15) is 0 Å². The SMILES string of the molecule is Cc1cc(Cl)cc(C(=O)N2CCC(C(=O)O)C(C)C2)c1. The molecule has 0 bridgehead atoms. The molecule has 1 aliphatic heterocycles. The lowest BCUT2D eigenvalue weighted by Gasteiger charge is -2.35. The first-order chi connectivity index (χ1) is 9.38. The van der Waals surface area contributed by atoms with Gasteiger partial charge in [-0.3, -0.25) is 9.59 Å². The number of aliphatic carboxylic acids is 1. The minimum atomic E-state index is -0.775. The van der Waals surface area contributed by atoms with Crippen molar-refractivity contribution in [1.29, 1.82) is 0 Å². The molecule has 20 heavy (non-hydrogen) atoms. The Hall–Kier alpha value is -1.55. The van der Waals surface area contributed by atoms with Gasteiger partial charge in [-0.1, -0.05) is 18.5 Å². The van der Waals surface area contributed by atoms with Gasteiger partial charge < -0.3 is 10.0 Å². The van der Waals surface area contributed by atoms with Crippen molar-refractivity contribution in [3.63, 3.8) is 0 Å². The second kappa shape index (κ2) is 5.83. The molecule has 2 rings (SSSR count). The second-order valence-corrected chi connectivity index (χ2v) is 5.92. The van der Waals surface area contributed by atoms with Gasteiger partial charge >= 0.3 is 5.97 Å². The Labute approximate surface area is 123 Å². The van der Waals surface area contributed by atoms with Crippen molar-refractivity contribution in [3.8, 4) is 0 Å². The van der Waals surface area contributed by atoms with Gasteiger partial charge in [0.15, 0.2) is 0 Å². The number of likely N-dealkylation sites (tertiary alicyclic amines) is 1. The quantitative estimate of drug-likeness (QED) is 0.913. The number of carbonyl (C=O) groups excluding carboxylic acids is 1. The van der Waals surface area contributed by atoms with Crippen LogP contribution in [0, 0.1) is 18.8 Å². The first-order valence-electron chi connectivity index (χ1n) is 6.67. The molecule has 5 heteroatoms. The van der Waals surface area contributed by atoms with E-state index in [-0.39, 0.29) is 17.7 Å². The fourth-order valence-corrected chi connectivity index (χ4v) is 3.03. The van der Waals surface area contributed by atoms with E-state index in [1.807, 2.05) is 19.9 Å². The zero-order chi connectivity index (χ0) is 14.9. The van der Waals surface area contributed by atoms with Crippen LogP contribution in [0.3, 0.4) is 0 Å². The third-order valence-electron chi connectivity index (χ3n) is 3.80. The van der Waals surface area contributed by atoms with Crippen LogP contribution in [0.15, 0.2) is 18.2 Å². The van der Waals surface area contributed by atoms with Crippen LogP contribution in [0.1, 0.15) is 29.3 Å². The number of carbonyl (C=O) groups is 2. The Bertz CT molecular complexity index is 524. The van der Waals surface area contributed by atoms with Crippen LogP contribution < -0.4 is 0 Å². The molecular formula is C15H18ClNO3. The van der Waals surface area contributed by atoms with Gasteiger partial charge in [-0.05, 0) is 43.0 Å². The van der Waals surface area contributed by atoms with E-state index in [0.717, 1.165) is 5.56 Å². The van der Waals surface area contributed by atoms with E-state index < -0.39 is 5.97 Å². The standard InChI is InChI=1S/C15H18ClNO3/c1-9-5-11(7-12(16)6-9)14(18)17-4-3-13(15(19)20)10(2)8-17/h5-7,10,13H,3-4,8H2,1-2H3,(H,19,20). The predicted octanol–water partition coefficient (Wildman–Crippen LogP) is 2.83. The van der Waals surface area contributed by atoms with Gasteiger partial charge in [0.25, 0.3) is 5.91 Å². The molecule has 0 saturated carbocycles. The summed E-state index contributed by atoms with van der Waals surface area (Å²) in [6, 6.07) is 5.27. The summed E-state index contributed by atoms with van der Waals surface area (Å²) in [4.78, 5) is 25.2. The molecule has 1 aliphatic rings. The smallest absolute Gasteiger partial charge is 0.306 e. The van der Waals surface area contributed by atoms with Crippen molar-refractivity contribution in [2.45, 2.75) is 20.3 Å². The average Bonchev–Trinajstić information content (AvgIpc) is 2.36. The largest absolute Gasteiger partial charge is 0.481 e. The summed E-state index contributed by atoms with van der Waals surface area (Å²) in [7, 11) is 0. The van der Waals surface area contributed by atoms with E-state index in [9.17, 15) is 9.59 Å². The summed E-state index contributed by atoms with van der Waals surface area (Å²) in [6.07, 6.45) is 0.502. The number of amides is 1. The van der Waals surface area contributed by atoms with Crippen LogP contribution in [0.4, 0.5) is 0 Å². The molecule has 1 fully saturated rings. The molecule has 0 aliphatic carbocycles. The number of halogens is 1. The van der Waals surface area contributed by atoms with Gasteiger partial charge in [-0.25, -0.2) is 0 Å². The molecule has 1 saturated heterocycles.